The average molecular weight is 347 g/mol. The Bertz CT molecular complexity index is 451. The number of benzene rings is 1. The molecule has 1 unspecified atom stereocenters. The van der Waals surface area contributed by atoms with E-state index in [4.69, 9.17) is 15.2 Å². The van der Waals surface area contributed by atoms with Crippen LogP contribution in [0.1, 0.15) is 20.8 Å². The van der Waals surface area contributed by atoms with Crippen molar-refractivity contribution in [3.8, 4) is 5.75 Å². The first-order valence-corrected chi connectivity index (χ1v) is 8.50. The summed E-state index contributed by atoms with van der Waals surface area (Å²) in [4.78, 5) is 0. The molecule has 0 aliphatic rings. The summed E-state index contributed by atoms with van der Waals surface area (Å²) >= 11 is 0. The van der Waals surface area contributed by atoms with Crippen molar-refractivity contribution < 1.29 is 23.1 Å². The van der Waals surface area contributed by atoms with Gasteiger partial charge in [0.05, 0.1) is 19.4 Å². The monoisotopic (exact) mass is 347 g/mol. The lowest BCUT2D eigenvalue weighted by molar-refractivity contribution is 0.190. The maximum absolute atomic E-state index is 10.3. The summed E-state index contributed by atoms with van der Waals surface area (Å²) in [5.41, 5.74) is 7.31. The second kappa shape index (κ2) is 13.1. The minimum absolute atomic E-state index is 0.214. The number of methoxy groups -OCH3 is 2. The van der Waals surface area contributed by atoms with Gasteiger partial charge in [0, 0.05) is 23.4 Å². The highest BCUT2D eigenvalue weighted by atomic mass is 31.1. The van der Waals surface area contributed by atoms with Crippen molar-refractivity contribution in [2.75, 3.05) is 45.1 Å². The summed E-state index contributed by atoms with van der Waals surface area (Å²) in [5, 5.41) is 3.27. The first kappa shape index (κ1) is 21.6. The van der Waals surface area contributed by atoms with Gasteiger partial charge in [-0.2, -0.15) is 0 Å². The first-order valence-electron chi connectivity index (χ1n) is 7.40. The molecule has 0 radical (unpaired) electrons. The number of nitrogens with two attached hydrogens (primary N) is 1. The number of rotatable bonds is 9. The Labute approximate surface area is 139 Å². The molecule has 1 rings (SSSR count). The number of ether oxygens (including phenoxy) is 2. The van der Waals surface area contributed by atoms with Gasteiger partial charge in [0.25, 0.3) is 0 Å². The molecule has 0 fully saturated rings. The minimum atomic E-state index is -1.83. The van der Waals surface area contributed by atoms with E-state index in [1.54, 1.807) is 28.1 Å². The molecule has 132 valence electrons. The molecule has 0 spiro atoms. The topological polar surface area (TPSA) is 92.0 Å². The standard InChI is InChI=1S/C11H18N2O2.C4H10O3P/c1-8(7-14-2)13-10-6-9(12)4-5-11(10)15-3;1-3-6-8(5)7-4-2/h4-6,8,13H,7,12H2,1-3H3;3-4H2,1-2H3/q;+1. The lowest BCUT2D eigenvalue weighted by atomic mass is 10.2. The molecule has 1 aromatic rings. The van der Waals surface area contributed by atoms with E-state index in [0.717, 1.165) is 11.4 Å². The van der Waals surface area contributed by atoms with Gasteiger partial charge in [-0.05, 0) is 39.0 Å². The third kappa shape index (κ3) is 10.1. The number of hydrogen-bond donors (Lipinski definition) is 2. The van der Waals surface area contributed by atoms with Gasteiger partial charge in [0.1, 0.15) is 19.0 Å². The van der Waals surface area contributed by atoms with Crippen LogP contribution in [0.15, 0.2) is 18.2 Å². The van der Waals surface area contributed by atoms with Gasteiger partial charge in [-0.25, -0.2) is 0 Å². The zero-order valence-corrected chi connectivity index (χ0v) is 15.4. The fourth-order valence-corrected chi connectivity index (χ4v) is 2.14. The van der Waals surface area contributed by atoms with E-state index >= 15 is 0 Å². The summed E-state index contributed by atoms with van der Waals surface area (Å²) in [6.07, 6.45) is 0. The van der Waals surface area contributed by atoms with E-state index in [1.807, 2.05) is 25.1 Å². The molecule has 0 saturated heterocycles. The quantitative estimate of drug-likeness (QED) is 0.522. The van der Waals surface area contributed by atoms with Crippen molar-refractivity contribution in [1.29, 1.82) is 0 Å². The van der Waals surface area contributed by atoms with Crippen LogP contribution in [-0.2, 0) is 18.3 Å². The van der Waals surface area contributed by atoms with E-state index < -0.39 is 8.25 Å². The van der Waals surface area contributed by atoms with Crippen molar-refractivity contribution in [3.63, 3.8) is 0 Å². The lowest BCUT2D eigenvalue weighted by Gasteiger charge is -2.17. The van der Waals surface area contributed by atoms with E-state index in [-0.39, 0.29) is 6.04 Å². The molecule has 8 heteroatoms. The summed E-state index contributed by atoms with van der Waals surface area (Å²) in [5.74, 6) is 0.784. The number of nitrogen functional groups attached to an aromatic ring is 1. The lowest BCUT2D eigenvalue weighted by Crippen LogP contribution is -2.21. The zero-order chi connectivity index (χ0) is 17.7. The van der Waals surface area contributed by atoms with E-state index in [0.29, 0.717) is 25.5 Å². The van der Waals surface area contributed by atoms with Crippen LogP contribution in [0.2, 0.25) is 0 Å². The highest BCUT2D eigenvalue weighted by molar-refractivity contribution is 7.33. The van der Waals surface area contributed by atoms with Gasteiger partial charge in [-0.3, -0.25) is 0 Å². The van der Waals surface area contributed by atoms with Crippen LogP contribution in [0.3, 0.4) is 0 Å². The zero-order valence-electron chi connectivity index (χ0n) is 14.5. The molecule has 1 atom stereocenters. The van der Waals surface area contributed by atoms with Gasteiger partial charge >= 0.3 is 8.25 Å². The van der Waals surface area contributed by atoms with Crippen LogP contribution < -0.4 is 15.8 Å². The SMILES string of the molecule is CCO[P+](=O)OCC.COCC(C)Nc1cc(N)ccc1OC. The summed E-state index contributed by atoms with van der Waals surface area (Å²) in [7, 11) is 1.48. The van der Waals surface area contributed by atoms with Crippen molar-refractivity contribution in [3.05, 3.63) is 18.2 Å². The van der Waals surface area contributed by atoms with Crippen LogP contribution in [0, 0.1) is 0 Å². The van der Waals surface area contributed by atoms with E-state index in [9.17, 15) is 4.57 Å². The Kier molecular flexibility index (Phi) is 12.3. The Balaban J connectivity index is 0.000000515. The maximum Gasteiger partial charge on any atom is 0.697 e. The Morgan fingerprint density at radius 3 is 2.30 bits per heavy atom. The number of anilines is 2. The van der Waals surface area contributed by atoms with Crippen molar-refractivity contribution >= 4 is 19.6 Å². The third-order valence-corrected chi connectivity index (χ3v) is 3.45. The molecule has 0 aliphatic heterocycles. The van der Waals surface area contributed by atoms with Crippen molar-refractivity contribution in [1.82, 2.24) is 0 Å². The molecular weight excluding hydrogens is 319 g/mol. The second-order valence-electron chi connectivity index (χ2n) is 4.52. The number of nitrogens with one attached hydrogen (secondary N) is 1. The molecule has 0 amide bonds. The predicted molar refractivity (Wildman–Crippen MR) is 93.2 cm³/mol. The van der Waals surface area contributed by atoms with Crippen LogP contribution in [0.4, 0.5) is 11.4 Å². The second-order valence-corrected chi connectivity index (χ2v) is 5.48. The largest absolute Gasteiger partial charge is 0.697 e. The molecule has 0 aromatic heterocycles. The van der Waals surface area contributed by atoms with Gasteiger partial charge < -0.3 is 20.5 Å². The van der Waals surface area contributed by atoms with Gasteiger partial charge in [-0.15, -0.1) is 9.05 Å². The van der Waals surface area contributed by atoms with Gasteiger partial charge in [0.15, 0.2) is 0 Å². The molecular formula is C15H28N2O5P+. The van der Waals surface area contributed by atoms with Crippen LogP contribution >= 0.6 is 8.25 Å². The van der Waals surface area contributed by atoms with Gasteiger partial charge in [-0.1, -0.05) is 0 Å². The van der Waals surface area contributed by atoms with Crippen molar-refractivity contribution in [2.24, 2.45) is 0 Å². The molecule has 3 N–H and O–H groups in total. The normalized spacial score (nSPS) is 11.2. The maximum atomic E-state index is 10.3. The Morgan fingerprint density at radius 2 is 1.83 bits per heavy atom. The van der Waals surface area contributed by atoms with Crippen LogP contribution in [0.25, 0.3) is 0 Å². The summed E-state index contributed by atoms with van der Waals surface area (Å²) < 4.78 is 29.8. The highest BCUT2D eigenvalue weighted by Crippen LogP contribution is 2.27. The fraction of sp³-hybridized carbons (Fsp3) is 0.600. The van der Waals surface area contributed by atoms with E-state index in [2.05, 4.69) is 14.4 Å². The molecule has 23 heavy (non-hydrogen) atoms. The Morgan fingerprint density at radius 1 is 1.22 bits per heavy atom. The molecule has 1 aromatic carbocycles. The van der Waals surface area contributed by atoms with Gasteiger partial charge in [0.2, 0.25) is 0 Å². The number of hydrogen-bond acceptors (Lipinski definition) is 7. The van der Waals surface area contributed by atoms with Crippen molar-refractivity contribution in [2.45, 2.75) is 26.8 Å². The Hall–Kier alpha value is -1.40. The summed E-state index contributed by atoms with van der Waals surface area (Å²) in [6.45, 7) is 7.09. The molecule has 7 nitrogen and oxygen atoms in total. The molecule has 0 saturated carbocycles. The summed E-state index contributed by atoms with van der Waals surface area (Å²) in [6, 6.07) is 5.72. The third-order valence-electron chi connectivity index (χ3n) is 2.51. The molecule has 0 aliphatic carbocycles. The molecule has 0 bridgehead atoms. The highest BCUT2D eigenvalue weighted by Gasteiger charge is 2.15. The average Bonchev–Trinajstić information content (AvgIpc) is 2.49. The smallest absolute Gasteiger partial charge is 0.495 e. The first-order chi connectivity index (χ1) is 11.0. The van der Waals surface area contributed by atoms with Crippen LogP contribution in [-0.4, -0.2) is 40.1 Å². The minimum Gasteiger partial charge on any atom is -0.495 e. The fourth-order valence-electron chi connectivity index (χ4n) is 1.64. The van der Waals surface area contributed by atoms with E-state index in [1.165, 1.54) is 0 Å². The van der Waals surface area contributed by atoms with Crippen LogP contribution in [0.5, 0.6) is 5.75 Å². The predicted octanol–water partition coefficient (Wildman–Crippen LogP) is 3.44. The molecule has 0 heterocycles.